The van der Waals surface area contributed by atoms with Gasteiger partial charge in [-0.15, -0.1) is 0 Å². The van der Waals surface area contributed by atoms with Crippen molar-refractivity contribution in [2.24, 2.45) is 46.3 Å². The Morgan fingerprint density at radius 2 is 1.36 bits per heavy atom. The molecule has 0 bridgehead atoms. The molecule has 6 aliphatic rings. The number of aliphatic hydroxyl groups is 10. The standard InChI is InChI=1S/C39H66O14/c1-17(2)6-9-24(43)18(3)29-25(50-36-34(48)32(46)30(44)26(15-40)51-36)14-23-21-8-7-19-12-20(42)13-28(39(19,5)22(21)10-11-38(23,29)4)53-37-35(49)33(47)31(45)27(16-41)52-37/h7,17-18,20-37,40-49H,6,8-16H2,1-5H3/t18-,20-,21?,22?,23?,24?,25?,26?,27?,28?,29?,30?,31?,32?,33?,34?,35?,36?,37?,38+,39+/m1/s1. The zero-order valence-corrected chi connectivity index (χ0v) is 31.8. The molecule has 2 heterocycles. The summed E-state index contributed by atoms with van der Waals surface area (Å²) in [6.45, 7) is 9.58. The molecule has 0 spiro atoms. The van der Waals surface area contributed by atoms with E-state index in [2.05, 4.69) is 40.7 Å². The molecule has 6 rings (SSSR count). The molecule has 0 aromatic rings. The van der Waals surface area contributed by atoms with Crippen LogP contribution in [0.2, 0.25) is 0 Å². The van der Waals surface area contributed by atoms with Crippen LogP contribution in [0.25, 0.3) is 0 Å². The van der Waals surface area contributed by atoms with E-state index in [4.69, 9.17) is 18.9 Å². The summed E-state index contributed by atoms with van der Waals surface area (Å²) in [5, 5.41) is 106. The van der Waals surface area contributed by atoms with Gasteiger partial charge in [-0.1, -0.05) is 46.3 Å². The van der Waals surface area contributed by atoms with Crippen molar-refractivity contribution in [1.82, 2.24) is 0 Å². The summed E-state index contributed by atoms with van der Waals surface area (Å²) in [6.07, 6.45) is -9.27. The van der Waals surface area contributed by atoms with Gasteiger partial charge >= 0.3 is 0 Å². The summed E-state index contributed by atoms with van der Waals surface area (Å²) < 4.78 is 24.8. The molecule has 17 unspecified atom stereocenters. The number of ether oxygens (including phenoxy) is 4. The van der Waals surface area contributed by atoms with Crippen LogP contribution in [0.15, 0.2) is 11.6 Å². The highest BCUT2D eigenvalue weighted by Crippen LogP contribution is 2.68. The fourth-order valence-electron chi connectivity index (χ4n) is 11.7. The molecule has 2 saturated heterocycles. The van der Waals surface area contributed by atoms with Gasteiger partial charge < -0.3 is 70.0 Å². The molecule has 0 radical (unpaired) electrons. The van der Waals surface area contributed by atoms with Crippen molar-refractivity contribution >= 4 is 0 Å². The highest BCUT2D eigenvalue weighted by Gasteiger charge is 2.65. The number of allylic oxidation sites excluding steroid dienone is 1. The number of fused-ring (bicyclic) bond motifs is 5. The Kier molecular flexibility index (Phi) is 12.8. The first-order valence-corrected chi connectivity index (χ1v) is 19.9. The highest BCUT2D eigenvalue weighted by atomic mass is 16.7. The summed E-state index contributed by atoms with van der Waals surface area (Å²) in [5.41, 5.74) is 0.176. The first-order valence-electron chi connectivity index (χ1n) is 19.9. The van der Waals surface area contributed by atoms with Gasteiger partial charge in [0.05, 0.1) is 37.6 Å². The van der Waals surface area contributed by atoms with E-state index in [0.29, 0.717) is 25.2 Å². The molecule has 4 aliphatic carbocycles. The second-order valence-corrected chi connectivity index (χ2v) is 18.1. The van der Waals surface area contributed by atoms with E-state index >= 15 is 0 Å². The lowest BCUT2D eigenvalue weighted by atomic mass is 9.46. The Morgan fingerprint density at radius 3 is 1.92 bits per heavy atom. The van der Waals surface area contributed by atoms with Crippen LogP contribution in [0.1, 0.15) is 86.0 Å². The lowest BCUT2D eigenvalue weighted by Crippen LogP contribution is -2.62. The summed E-state index contributed by atoms with van der Waals surface area (Å²) in [5.74, 6) is 0.371. The minimum Gasteiger partial charge on any atom is -0.394 e. The summed E-state index contributed by atoms with van der Waals surface area (Å²) in [4.78, 5) is 0. The van der Waals surface area contributed by atoms with Crippen LogP contribution in [0.4, 0.5) is 0 Å². The molecule has 0 amide bonds. The van der Waals surface area contributed by atoms with Crippen molar-refractivity contribution in [2.45, 2.75) is 172 Å². The van der Waals surface area contributed by atoms with Crippen molar-refractivity contribution in [3.63, 3.8) is 0 Å². The van der Waals surface area contributed by atoms with Crippen molar-refractivity contribution in [2.75, 3.05) is 13.2 Å². The van der Waals surface area contributed by atoms with Crippen LogP contribution >= 0.6 is 0 Å². The molecule has 5 fully saturated rings. The predicted octanol–water partition coefficient (Wildman–Crippen LogP) is -0.0505. The molecule has 10 N–H and O–H groups in total. The van der Waals surface area contributed by atoms with Gasteiger partial charge in [0.1, 0.15) is 48.8 Å². The molecule has 0 aromatic carbocycles. The minimum absolute atomic E-state index is 0.0794. The van der Waals surface area contributed by atoms with Gasteiger partial charge in [0.25, 0.3) is 0 Å². The molecular formula is C39H66O14. The second-order valence-electron chi connectivity index (χ2n) is 18.1. The van der Waals surface area contributed by atoms with Crippen LogP contribution in [-0.2, 0) is 18.9 Å². The van der Waals surface area contributed by atoms with Crippen LogP contribution in [0.5, 0.6) is 0 Å². The van der Waals surface area contributed by atoms with Gasteiger partial charge in [0, 0.05) is 11.8 Å². The molecule has 14 nitrogen and oxygen atoms in total. The van der Waals surface area contributed by atoms with E-state index in [9.17, 15) is 51.1 Å². The highest BCUT2D eigenvalue weighted by molar-refractivity contribution is 5.28. The maximum Gasteiger partial charge on any atom is 0.187 e. The predicted molar refractivity (Wildman–Crippen MR) is 188 cm³/mol. The quantitative estimate of drug-likeness (QED) is 0.124. The van der Waals surface area contributed by atoms with Gasteiger partial charge in [0.2, 0.25) is 0 Å². The summed E-state index contributed by atoms with van der Waals surface area (Å²) in [6, 6.07) is 0. The maximum absolute atomic E-state index is 11.6. The number of aliphatic hydroxyl groups excluding tert-OH is 10. The first-order chi connectivity index (χ1) is 25.0. The number of hydrogen-bond donors (Lipinski definition) is 10. The smallest absolute Gasteiger partial charge is 0.187 e. The molecule has 306 valence electrons. The fourth-order valence-corrected chi connectivity index (χ4v) is 11.7. The Labute approximate surface area is 312 Å². The van der Waals surface area contributed by atoms with Gasteiger partial charge in [-0.05, 0) is 85.9 Å². The average molecular weight is 759 g/mol. The van der Waals surface area contributed by atoms with Crippen LogP contribution in [0, 0.1) is 46.3 Å². The number of rotatable bonds is 11. The van der Waals surface area contributed by atoms with E-state index in [1.807, 2.05) is 0 Å². The lowest BCUT2D eigenvalue weighted by molar-refractivity contribution is -0.324. The van der Waals surface area contributed by atoms with Crippen molar-refractivity contribution in [3.8, 4) is 0 Å². The Bertz CT molecular complexity index is 1260. The SMILES string of the molecule is CC(C)CCC(O)[C@@H](C)C1C(OC2OC(CO)C(O)C(O)C2O)CC2C3CC=C4C[C@@H](O)CC(OC5OC(CO)C(O)C(O)C5O)[C@]4(C)C3CC[C@@]21C. The molecular weight excluding hydrogens is 692 g/mol. The van der Waals surface area contributed by atoms with Gasteiger partial charge in [-0.2, -0.15) is 0 Å². The van der Waals surface area contributed by atoms with Gasteiger partial charge in [-0.25, -0.2) is 0 Å². The Hall–Kier alpha value is -0.820. The molecule has 2 aliphatic heterocycles. The zero-order valence-electron chi connectivity index (χ0n) is 31.8. The largest absolute Gasteiger partial charge is 0.394 e. The molecule has 0 aromatic heterocycles. The van der Waals surface area contributed by atoms with E-state index in [0.717, 1.165) is 31.3 Å². The van der Waals surface area contributed by atoms with E-state index in [1.54, 1.807) is 0 Å². The molecule has 21 atom stereocenters. The third kappa shape index (κ3) is 7.42. The third-order valence-corrected chi connectivity index (χ3v) is 14.7. The van der Waals surface area contributed by atoms with Crippen LogP contribution in [-0.4, -0.2) is 150 Å². The molecule has 3 saturated carbocycles. The van der Waals surface area contributed by atoms with Crippen molar-refractivity contribution in [3.05, 3.63) is 11.6 Å². The monoisotopic (exact) mass is 758 g/mol. The van der Waals surface area contributed by atoms with Crippen LogP contribution < -0.4 is 0 Å². The maximum atomic E-state index is 11.6. The summed E-state index contributed by atoms with van der Waals surface area (Å²) >= 11 is 0. The lowest BCUT2D eigenvalue weighted by Gasteiger charge is -2.60. The summed E-state index contributed by atoms with van der Waals surface area (Å²) in [7, 11) is 0. The molecule has 53 heavy (non-hydrogen) atoms. The average Bonchev–Trinajstić information content (AvgIpc) is 3.42. The first kappa shape index (κ1) is 41.8. The van der Waals surface area contributed by atoms with Gasteiger partial charge in [-0.3, -0.25) is 0 Å². The second kappa shape index (κ2) is 16.2. The van der Waals surface area contributed by atoms with E-state index in [-0.39, 0.29) is 41.4 Å². The minimum atomic E-state index is -1.59. The number of hydrogen-bond acceptors (Lipinski definition) is 14. The topological polar surface area (TPSA) is 239 Å². The Balaban J connectivity index is 1.31. The Morgan fingerprint density at radius 1 is 0.774 bits per heavy atom. The normalized spacial score (nSPS) is 51.2. The van der Waals surface area contributed by atoms with Gasteiger partial charge in [0.15, 0.2) is 12.6 Å². The molecule has 14 heteroatoms. The van der Waals surface area contributed by atoms with E-state index < -0.39 is 104 Å². The van der Waals surface area contributed by atoms with Crippen LogP contribution in [0.3, 0.4) is 0 Å². The van der Waals surface area contributed by atoms with E-state index in [1.165, 1.54) is 0 Å². The van der Waals surface area contributed by atoms with Crippen molar-refractivity contribution < 1.29 is 70.0 Å². The zero-order chi connectivity index (χ0) is 38.7. The third-order valence-electron chi connectivity index (χ3n) is 14.7. The van der Waals surface area contributed by atoms with Crippen molar-refractivity contribution in [1.29, 1.82) is 0 Å². The fraction of sp³-hybridized carbons (Fsp3) is 0.949.